The largest absolute Gasteiger partial charge is 0.388 e. The first-order chi connectivity index (χ1) is 9.03. The van der Waals surface area contributed by atoms with E-state index >= 15 is 0 Å². The van der Waals surface area contributed by atoms with Crippen molar-refractivity contribution in [3.05, 3.63) is 47.2 Å². The van der Waals surface area contributed by atoms with Gasteiger partial charge in [0.25, 0.3) is 10.0 Å². The summed E-state index contributed by atoms with van der Waals surface area (Å²) in [5.41, 5.74) is 1.30. The van der Waals surface area contributed by atoms with Crippen molar-refractivity contribution in [2.75, 3.05) is 17.1 Å². The number of halogens is 1. The third-order valence-electron chi connectivity index (χ3n) is 2.47. The zero-order valence-electron chi connectivity index (χ0n) is 10.1. The SMILES string of the molecule is CNc1ccc(S(=O)(=O)Nc2ccncc2Br)cc1. The molecule has 1 aromatic carbocycles. The predicted molar refractivity (Wildman–Crippen MR) is 78.7 cm³/mol. The van der Waals surface area contributed by atoms with Crippen molar-refractivity contribution in [2.24, 2.45) is 0 Å². The summed E-state index contributed by atoms with van der Waals surface area (Å²) in [5.74, 6) is 0. The van der Waals surface area contributed by atoms with Crippen molar-refractivity contribution in [1.82, 2.24) is 4.98 Å². The summed E-state index contributed by atoms with van der Waals surface area (Å²) < 4.78 is 27.5. The number of sulfonamides is 1. The Balaban J connectivity index is 2.30. The van der Waals surface area contributed by atoms with Crippen LogP contribution in [0.4, 0.5) is 11.4 Å². The predicted octanol–water partition coefficient (Wildman–Crippen LogP) is 2.69. The fraction of sp³-hybridized carbons (Fsp3) is 0.0833. The number of aromatic nitrogens is 1. The molecule has 0 aliphatic rings. The number of anilines is 2. The third kappa shape index (κ3) is 3.24. The van der Waals surface area contributed by atoms with Gasteiger partial charge in [-0.1, -0.05) is 0 Å². The van der Waals surface area contributed by atoms with Gasteiger partial charge in [-0.15, -0.1) is 0 Å². The molecule has 19 heavy (non-hydrogen) atoms. The van der Waals surface area contributed by atoms with E-state index in [1.807, 2.05) is 0 Å². The monoisotopic (exact) mass is 341 g/mol. The number of benzene rings is 1. The lowest BCUT2D eigenvalue weighted by molar-refractivity contribution is 0.601. The molecule has 0 fully saturated rings. The minimum absolute atomic E-state index is 0.204. The first-order valence-electron chi connectivity index (χ1n) is 5.43. The van der Waals surface area contributed by atoms with Gasteiger partial charge in [-0.25, -0.2) is 8.42 Å². The summed E-state index contributed by atoms with van der Waals surface area (Å²) in [6, 6.07) is 8.09. The highest BCUT2D eigenvalue weighted by atomic mass is 79.9. The van der Waals surface area contributed by atoms with Gasteiger partial charge in [0.1, 0.15) is 0 Å². The van der Waals surface area contributed by atoms with Crippen LogP contribution in [0, 0.1) is 0 Å². The van der Waals surface area contributed by atoms with Crippen LogP contribution in [-0.4, -0.2) is 20.4 Å². The fourth-order valence-electron chi connectivity index (χ4n) is 1.46. The van der Waals surface area contributed by atoms with Crippen LogP contribution in [0.15, 0.2) is 52.1 Å². The van der Waals surface area contributed by atoms with Crippen molar-refractivity contribution in [2.45, 2.75) is 4.90 Å². The topological polar surface area (TPSA) is 71.1 Å². The highest BCUT2D eigenvalue weighted by Gasteiger charge is 2.15. The number of hydrogen-bond donors (Lipinski definition) is 2. The van der Waals surface area contributed by atoms with Crippen LogP contribution in [0.2, 0.25) is 0 Å². The van der Waals surface area contributed by atoms with Crippen LogP contribution in [0.3, 0.4) is 0 Å². The number of rotatable bonds is 4. The van der Waals surface area contributed by atoms with Crippen LogP contribution in [-0.2, 0) is 10.0 Å². The lowest BCUT2D eigenvalue weighted by Crippen LogP contribution is -2.13. The van der Waals surface area contributed by atoms with Gasteiger partial charge in [-0.3, -0.25) is 9.71 Å². The van der Waals surface area contributed by atoms with E-state index in [1.165, 1.54) is 12.4 Å². The van der Waals surface area contributed by atoms with Crippen molar-refractivity contribution in [1.29, 1.82) is 0 Å². The Morgan fingerprint density at radius 1 is 1.16 bits per heavy atom. The molecule has 7 heteroatoms. The van der Waals surface area contributed by atoms with E-state index in [4.69, 9.17) is 0 Å². The van der Waals surface area contributed by atoms with Gasteiger partial charge in [-0.05, 0) is 46.3 Å². The second-order valence-electron chi connectivity index (χ2n) is 3.74. The molecule has 0 saturated carbocycles. The highest BCUT2D eigenvalue weighted by molar-refractivity contribution is 9.10. The Morgan fingerprint density at radius 2 is 1.84 bits per heavy atom. The molecule has 0 amide bonds. The van der Waals surface area contributed by atoms with Crippen LogP contribution in [0.1, 0.15) is 0 Å². The second kappa shape index (κ2) is 5.58. The van der Waals surface area contributed by atoms with Gasteiger partial charge < -0.3 is 5.32 Å². The highest BCUT2D eigenvalue weighted by Crippen LogP contribution is 2.24. The molecule has 0 aliphatic heterocycles. The van der Waals surface area contributed by atoms with E-state index in [-0.39, 0.29) is 4.90 Å². The number of nitrogens with zero attached hydrogens (tertiary/aromatic N) is 1. The minimum atomic E-state index is -3.60. The zero-order valence-corrected chi connectivity index (χ0v) is 12.5. The molecule has 0 radical (unpaired) electrons. The molecule has 2 rings (SSSR count). The lowest BCUT2D eigenvalue weighted by Gasteiger charge is -2.09. The Bertz CT molecular complexity index is 672. The molecule has 0 saturated heterocycles. The van der Waals surface area contributed by atoms with Gasteiger partial charge in [0, 0.05) is 25.1 Å². The second-order valence-corrected chi connectivity index (χ2v) is 6.27. The molecule has 0 bridgehead atoms. The Hall–Kier alpha value is -1.60. The molecule has 0 aliphatic carbocycles. The molecule has 1 heterocycles. The average Bonchev–Trinajstić information content (AvgIpc) is 2.41. The summed E-state index contributed by atoms with van der Waals surface area (Å²) in [5, 5.41) is 2.93. The molecule has 2 N–H and O–H groups in total. The molecule has 1 aromatic heterocycles. The maximum Gasteiger partial charge on any atom is 0.261 e. The van der Waals surface area contributed by atoms with Crippen LogP contribution >= 0.6 is 15.9 Å². The van der Waals surface area contributed by atoms with E-state index in [0.29, 0.717) is 10.2 Å². The Kier molecular flexibility index (Phi) is 4.06. The van der Waals surface area contributed by atoms with Crippen molar-refractivity contribution in [3.8, 4) is 0 Å². The molecule has 0 unspecified atom stereocenters. The van der Waals surface area contributed by atoms with E-state index < -0.39 is 10.0 Å². The van der Waals surface area contributed by atoms with E-state index in [2.05, 4.69) is 31.0 Å². The van der Waals surface area contributed by atoms with Crippen molar-refractivity contribution in [3.63, 3.8) is 0 Å². The third-order valence-corrected chi connectivity index (χ3v) is 4.48. The summed E-state index contributed by atoms with van der Waals surface area (Å²) >= 11 is 3.24. The van der Waals surface area contributed by atoms with E-state index in [1.54, 1.807) is 37.4 Å². The van der Waals surface area contributed by atoms with Gasteiger partial charge in [0.2, 0.25) is 0 Å². The molecule has 0 atom stereocenters. The van der Waals surface area contributed by atoms with Crippen LogP contribution < -0.4 is 10.0 Å². The summed E-state index contributed by atoms with van der Waals surface area (Å²) in [6.07, 6.45) is 3.05. The van der Waals surface area contributed by atoms with E-state index in [0.717, 1.165) is 5.69 Å². The summed E-state index contributed by atoms with van der Waals surface area (Å²) in [7, 11) is -1.82. The first-order valence-corrected chi connectivity index (χ1v) is 7.71. The molecule has 100 valence electrons. The number of hydrogen-bond acceptors (Lipinski definition) is 4. The molecule has 2 aromatic rings. The molecular formula is C12H12BrN3O2S. The van der Waals surface area contributed by atoms with Gasteiger partial charge in [-0.2, -0.15) is 0 Å². The van der Waals surface area contributed by atoms with Crippen molar-refractivity contribution >= 4 is 37.3 Å². The van der Waals surface area contributed by atoms with Crippen molar-refractivity contribution < 1.29 is 8.42 Å². The lowest BCUT2D eigenvalue weighted by atomic mass is 10.3. The quantitative estimate of drug-likeness (QED) is 0.896. The van der Waals surface area contributed by atoms with Crippen LogP contribution in [0.25, 0.3) is 0 Å². The first kappa shape index (κ1) is 13.8. The minimum Gasteiger partial charge on any atom is -0.388 e. The smallest absolute Gasteiger partial charge is 0.261 e. The maximum atomic E-state index is 12.2. The fourth-order valence-corrected chi connectivity index (χ4v) is 3.02. The summed E-state index contributed by atoms with van der Waals surface area (Å²) in [4.78, 5) is 4.08. The number of nitrogens with one attached hydrogen (secondary N) is 2. The zero-order chi connectivity index (χ0) is 13.9. The summed E-state index contributed by atoms with van der Waals surface area (Å²) in [6.45, 7) is 0. The van der Waals surface area contributed by atoms with Gasteiger partial charge in [0.05, 0.1) is 15.1 Å². The van der Waals surface area contributed by atoms with Gasteiger partial charge in [0.15, 0.2) is 0 Å². The van der Waals surface area contributed by atoms with Gasteiger partial charge >= 0.3 is 0 Å². The number of pyridine rings is 1. The average molecular weight is 342 g/mol. The van der Waals surface area contributed by atoms with Crippen LogP contribution in [0.5, 0.6) is 0 Å². The maximum absolute atomic E-state index is 12.2. The normalized spacial score (nSPS) is 11.1. The van der Waals surface area contributed by atoms with E-state index in [9.17, 15) is 8.42 Å². The molecule has 5 nitrogen and oxygen atoms in total. The Morgan fingerprint density at radius 3 is 2.42 bits per heavy atom. The standard InChI is InChI=1S/C12H12BrN3O2S/c1-14-9-2-4-10(5-3-9)19(17,18)16-12-6-7-15-8-11(12)13/h2-8,14H,1H3,(H,15,16). The molecule has 0 spiro atoms. The Labute approximate surface area is 120 Å². The molecular weight excluding hydrogens is 330 g/mol.